The van der Waals surface area contributed by atoms with Gasteiger partial charge >= 0.3 is 5.97 Å². The average molecular weight is 282 g/mol. The van der Waals surface area contributed by atoms with E-state index in [1.165, 1.54) is 7.11 Å². The topological polar surface area (TPSA) is 42.1 Å². The molecule has 16 heavy (non-hydrogen) atoms. The molecule has 0 bridgehead atoms. The van der Waals surface area contributed by atoms with Crippen LogP contribution < -0.4 is 0 Å². The lowest BCUT2D eigenvalue weighted by molar-refractivity contribution is -0.140. The Balaban J connectivity index is 2.29. The fraction of sp³-hybridized carbons (Fsp3) is 0.250. The maximum absolute atomic E-state index is 11.1. The van der Waals surface area contributed by atoms with Crippen LogP contribution in [0.2, 0.25) is 0 Å². The fourth-order valence-corrected chi connectivity index (χ4v) is 2.37. The summed E-state index contributed by atoms with van der Waals surface area (Å²) in [5.74, 6) is -0.183. The maximum atomic E-state index is 11.1. The molecule has 4 heteroatoms. The number of carbonyl (C=O) groups excluding carboxylic acids is 1. The van der Waals surface area contributed by atoms with E-state index in [1.807, 2.05) is 24.3 Å². The second-order valence-electron chi connectivity index (χ2n) is 3.54. The van der Waals surface area contributed by atoms with Gasteiger partial charge in [0.2, 0.25) is 0 Å². The number of esters is 1. The van der Waals surface area contributed by atoms with Gasteiger partial charge in [-0.3, -0.25) is 4.79 Å². The van der Waals surface area contributed by atoms with Crippen molar-refractivity contribution < 1.29 is 9.53 Å². The highest BCUT2D eigenvalue weighted by Crippen LogP contribution is 2.27. The van der Waals surface area contributed by atoms with Crippen LogP contribution in [0.4, 0.5) is 0 Å². The number of para-hydroxylation sites is 1. The average Bonchev–Trinajstić information content (AvgIpc) is 2.62. The van der Waals surface area contributed by atoms with E-state index >= 15 is 0 Å². The molecule has 1 aromatic heterocycles. The van der Waals surface area contributed by atoms with Crippen molar-refractivity contribution in [2.45, 2.75) is 12.8 Å². The summed E-state index contributed by atoms with van der Waals surface area (Å²) in [5.41, 5.74) is 2.20. The van der Waals surface area contributed by atoms with Crippen LogP contribution in [0.1, 0.15) is 12.0 Å². The fourth-order valence-electron chi connectivity index (χ4n) is 1.74. The van der Waals surface area contributed by atoms with Gasteiger partial charge in [-0.25, -0.2) is 0 Å². The Hall–Kier alpha value is -1.29. The maximum Gasteiger partial charge on any atom is 0.305 e. The summed E-state index contributed by atoms with van der Waals surface area (Å²) in [6.07, 6.45) is 1.08. The van der Waals surface area contributed by atoms with Gasteiger partial charge < -0.3 is 9.72 Å². The van der Waals surface area contributed by atoms with Crippen molar-refractivity contribution in [3.63, 3.8) is 0 Å². The zero-order valence-corrected chi connectivity index (χ0v) is 10.5. The largest absolute Gasteiger partial charge is 0.469 e. The molecular formula is C12H12BrNO2. The normalized spacial score (nSPS) is 10.6. The van der Waals surface area contributed by atoms with E-state index in [-0.39, 0.29) is 5.97 Å². The first-order chi connectivity index (χ1) is 7.72. The van der Waals surface area contributed by atoms with Gasteiger partial charge in [0.1, 0.15) is 0 Å². The molecule has 0 saturated heterocycles. The zero-order chi connectivity index (χ0) is 11.5. The van der Waals surface area contributed by atoms with Gasteiger partial charge in [-0.15, -0.1) is 0 Å². The number of methoxy groups -OCH3 is 1. The van der Waals surface area contributed by atoms with Gasteiger partial charge in [-0.05, 0) is 34.0 Å². The van der Waals surface area contributed by atoms with Crippen LogP contribution in [-0.4, -0.2) is 18.1 Å². The van der Waals surface area contributed by atoms with Gasteiger partial charge in [-0.2, -0.15) is 0 Å². The lowest BCUT2D eigenvalue weighted by Crippen LogP contribution is -2.01. The smallest absolute Gasteiger partial charge is 0.305 e. The Morgan fingerprint density at radius 1 is 1.44 bits per heavy atom. The molecule has 0 aliphatic carbocycles. The van der Waals surface area contributed by atoms with Crippen LogP contribution >= 0.6 is 15.9 Å². The van der Waals surface area contributed by atoms with Gasteiger partial charge in [0.25, 0.3) is 0 Å². The highest BCUT2D eigenvalue weighted by molar-refractivity contribution is 9.10. The third-order valence-electron chi connectivity index (χ3n) is 2.57. The number of hydrogen-bond donors (Lipinski definition) is 1. The molecule has 1 aromatic carbocycles. The second-order valence-corrected chi connectivity index (χ2v) is 4.33. The molecule has 0 aliphatic rings. The van der Waals surface area contributed by atoms with Crippen LogP contribution in [0.5, 0.6) is 0 Å². The lowest BCUT2D eigenvalue weighted by atomic mass is 10.1. The predicted molar refractivity (Wildman–Crippen MR) is 66.3 cm³/mol. The van der Waals surface area contributed by atoms with Crippen LogP contribution in [0, 0.1) is 0 Å². The number of halogens is 1. The van der Waals surface area contributed by atoms with Crippen LogP contribution in [0.3, 0.4) is 0 Å². The van der Waals surface area contributed by atoms with E-state index in [1.54, 1.807) is 0 Å². The number of hydrogen-bond acceptors (Lipinski definition) is 2. The number of benzene rings is 1. The van der Waals surface area contributed by atoms with Crippen molar-refractivity contribution >= 4 is 32.8 Å². The third kappa shape index (κ3) is 2.11. The van der Waals surface area contributed by atoms with Gasteiger partial charge in [0.15, 0.2) is 0 Å². The van der Waals surface area contributed by atoms with Crippen molar-refractivity contribution in [3.8, 4) is 0 Å². The molecule has 3 nitrogen and oxygen atoms in total. The summed E-state index contributed by atoms with van der Waals surface area (Å²) >= 11 is 3.47. The molecule has 1 heterocycles. The molecule has 0 radical (unpaired) electrons. The molecule has 0 fully saturated rings. The van der Waals surface area contributed by atoms with E-state index in [0.29, 0.717) is 12.8 Å². The molecule has 0 amide bonds. The minimum absolute atomic E-state index is 0.183. The standard InChI is InChI=1S/C12H12BrNO2/c1-16-11(15)7-6-9-8-4-2-3-5-10(8)14-12(9)13/h2-5,14H,6-7H2,1H3. The highest BCUT2D eigenvalue weighted by Gasteiger charge is 2.10. The molecule has 84 valence electrons. The third-order valence-corrected chi connectivity index (χ3v) is 3.25. The van der Waals surface area contributed by atoms with Crippen LogP contribution in [0.25, 0.3) is 10.9 Å². The Morgan fingerprint density at radius 3 is 2.94 bits per heavy atom. The second kappa shape index (κ2) is 4.70. The van der Waals surface area contributed by atoms with E-state index in [9.17, 15) is 4.79 Å². The van der Waals surface area contributed by atoms with E-state index in [4.69, 9.17) is 0 Å². The van der Waals surface area contributed by atoms with Gasteiger partial charge in [-0.1, -0.05) is 18.2 Å². The molecule has 1 N–H and O–H groups in total. The summed E-state index contributed by atoms with van der Waals surface area (Å²) in [5, 5.41) is 1.15. The number of carbonyl (C=O) groups is 1. The first kappa shape index (κ1) is 11.2. The Bertz CT molecular complexity index is 519. The van der Waals surface area contributed by atoms with Gasteiger partial charge in [0, 0.05) is 17.3 Å². The predicted octanol–water partition coefficient (Wildman–Crippen LogP) is 3.04. The molecule has 0 spiro atoms. The number of nitrogens with one attached hydrogen (secondary N) is 1. The molecule has 0 unspecified atom stereocenters. The molecule has 0 atom stereocenters. The molecule has 0 aliphatic heterocycles. The van der Waals surface area contributed by atoms with Crippen molar-refractivity contribution in [2.24, 2.45) is 0 Å². The van der Waals surface area contributed by atoms with Crippen molar-refractivity contribution in [1.29, 1.82) is 0 Å². The number of aromatic nitrogens is 1. The van der Waals surface area contributed by atoms with E-state index in [2.05, 4.69) is 25.7 Å². The monoisotopic (exact) mass is 281 g/mol. The highest BCUT2D eigenvalue weighted by atomic mass is 79.9. The number of aromatic amines is 1. The molecule has 2 aromatic rings. The Labute approximate surface area is 102 Å². The molecular weight excluding hydrogens is 270 g/mol. The molecule has 2 rings (SSSR count). The Morgan fingerprint density at radius 2 is 2.19 bits per heavy atom. The zero-order valence-electron chi connectivity index (χ0n) is 8.92. The van der Waals surface area contributed by atoms with E-state index in [0.717, 1.165) is 21.1 Å². The van der Waals surface area contributed by atoms with Gasteiger partial charge in [0.05, 0.1) is 11.7 Å². The minimum atomic E-state index is -0.183. The van der Waals surface area contributed by atoms with Crippen molar-refractivity contribution in [2.75, 3.05) is 7.11 Å². The number of fused-ring (bicyclic) bond motifs is 1. The lowest BCUT2D eigenvalue weighted by Gasteiger charge is -1.99. The summed E-state index contributed by atoms with van der Waals surface area (Å²) < 4.78 is 5.58. The van der Waals surface area contributed by atoms with Crippen molar-refractivity contribution in [1.82, 2.24) is 4.98 Å². The quantitative estimate of drug-likeness (QED) is 0.879. The first-order valence-electron chi connectivity index (χ1n) is 5.04. The molecule has 0 saturated carbocycles. The van der Waals surface area contributed by atoms with Crippen LogP contribution in [0.15, 0.2) is 28.9 Å². The first-order valence-corrected chi connectivity index (χ1v) is 5.83. The summed E-state index contributed by atoms with van der Waals surface area (Å²) in [7, 11) is 1.41. The summed E-state index contributed by atoms with van der Waals surface area (Å²) in [6, 6.07) is 8.03. The minimum Gasteiger partial charge on any atom is -0.469 e. The van der Waals surface area contributed by atoms with Crippen LogP contribution in [-0.2, 0) is 16.0 Å². The number of ether oxygens (including phenoxy) is 1. The number of aryl methyl sites for hydroxylation is 1. The SMILES string of the molecule is COC(=O)CCc1c(Br)[nH]c2ccccc12. The van der Waals surface area contributed by atoms with E-state index < -0.39 is 0 Å². The van der Waals surface area contributed by atoms with Crippen molar-refractivity contribution in [3.05, 3.63) is 34.4 Å². The Kier molecular flexibility index (Phi) is 3.29. The summed E-state index contributed by atoms with van der Waals surface area (Å²) in [6.45, 7) is 0. The number of rotatable bonds is 3. The summed E-state index contributed by atoms with van der Waals surface area (Å²) in [4.78, 5) is 14.3. The number of H-pyrrole nitrogens is 1.